The maximum Gasteiger partial charge on any atom is 0.307 e. The molecule has 1 fully saturated rings. The highest BCUT2D eigenvalue weighted by molar-refractivity contribution is 5.94. The predicted octanol–water partition coefficient (Wildman–Crippen LogP) is 1.66. The Morgan fingerprint density at radius 2 is 2.06 bits per heavy atom. The second-order valence-corrected chi connectivity index (χ2v) is 4.32. The van der Waals surface area contributed by atoms with Crippen LogP contribution in [0.2, 0.25) is 0 Å². The summed E-state index contributed by atoms with van der Waals surface area (Å²) in [4.78, 5) is 26.4. The molecule has 0 unspecified atom stereocenters. The third-order valence-electron chi connectivity index (χ3n) is 3.14. The molecule has 1 amide bonds. The zero-order valence-corrected chi connectivity index (χ0v) is 9.60. The minimum atomic E-state index is -0.958. The van der Waals surface area contributed by atoms with Gasteiger partial charge in [0.25, 0.3) is 0 Å². The zero-order valence-electron chi connectivity index (χ0n) is 9.60. The van der Waals surface area contributed by atoms with E-state index in [-0.39, 0.29) is 5.82 Å². The first-order valence-electron chi connectivity index (χ1n) is 5.74. The molecule has 1 aromatic heterocycles. The summed E-state index contributed by atoms with van der Waals surface area (Å²) in [6.07, 6.45) is 1.76. The lowest BCUT2D eigenvalue weighted by atomic mass is 9.95. The molecule has 0 radical (unpaired) electrons. The number of anilines is 1. The Morgan fingerprint density at radius 1 is 1.33 bits per heavy atom. The van der Waals surface area contributed by atoms with Crippen molar-refractivity contribution in [3.05, 3.63) is 24.1 Å². The molecule has 0 aliphatic heterocycles. The van der Waals surface area contributed by atoms with Gasteiger partial charge in [-0.1, -0.05) is 12.5 Å². The number of carbonyl (C=O) groups is 2. The van der Waals surface area contributed by atoms with Crippen molar-refractivity contribution < 1.29 is 19.1 Å². The topological polar surface area (TPSA) is 79.3 Å². The van der Waals surface area contributed by atoms with Crippen LogP contribution in [0, 0.1) is 17.8 Å². The van der Waals surface area contributed by atoms with Gasteiger partial charge in [0.2, 0.25) is 11.9 Å². The van der Waals surface area contributed by atoms with Crippen molar-refractivity contribution in [1.82, 2.24) is 4.98 Å². The molecular formula is C12H13FN2O3. The molecule has 2 rings (SSSR count). The van der Waals surface area contributed by atoms with Crippen molar-refractivity contribution in [2.45, 2.75) is 19.3 Å². The van der Waals surface area contributed by atoms with Gasteiger partial charge in [0, 0.05) is 0 Å². The molecule has 1 saturated carbocycles. The average molecular weight is 252 g/mol. The number of hydrogen-bond acceptors (Lipinski definition) is 3. The summed E-state index contributed by atoms with van der Waals surface area (Å²) in [6.45, 7) is 0. The Labute approximate surface area is 103 Å². The van der Waals surface area contributed by atoms with Gasteiger partial charge in [0.1, 0.15) is 5.82 Å². The molecular weight excluding hydrogens is 239 g/mol. The van der Waals surface area contributed by atoms with E-state index in [9.17, 15) is 14.0 Å². The van der Waals surface area contributed by atoms with Crippen molar-refractivity contribution >= 4 is 17.7 Å². The lowest BCUT2D eigenvalue weighted by Gasteiger charge is -2.14. The molecule has 18 heavy (non-hydrogen) atoms. The average Bonchev–Trinajstić information content (AvgIpc) is 2.77. The standard InChI is InChI=1S/C12H13FN2O3/c13-9-5-2-6-10(14-9)15-11(16)7-3-1-4-8(7)12(17)18/h2,5-8H,1,3-4H2,(H,17,18)(H,14,15,16)/t7-,8+/m1/s1. The highest BCUT2D eigenvalue weighted by Crippen LogP contribution is 2.32. The molecule has 1 aliphatic rings. The normalized spacial score (nSPS) is 22.7. The van der Waals surface area contributed by atoms with E-state index in [1.807, 2.05) is 0 Å². The quantitative estimate of drug-likeness (QED) is 0.802. The lowest BCUT2D eigenvalue weighted by Crippen LogP contribution is -2.30. The third-order valence-corrected chi connectivity index (χ3v) is 3.14. The van der Waals surface area contributed by atoms with E-state index in [0.29, 0.717) is 19.3 Å². The molecule has 1 aliphatic carbocycles. The van der Waals surface area contributed by atoms with E-state index in [4.69, 9.17) is 5.11 Å². The van der Waals surface area contributed by atoms with Crippen LogP contribution < -0.4 is 5.32 Å². The fraction of sp³-hybridized carbons (Fsp3) is 0.417. The summed E-state index contributed by atoms with van der Waals surface area (Å²) in [6, 6.07) is 4.07. The van der Waals surface area contributed by atoms with E-state index in [2.05, 4.69) is 10.3 Å². The number of halogens is 1. The lowest BCUT2D eigenvalue weighted by molar-refractivity contribution is -0.145. The van der Waals surface area contributed by atoms with Gasteiger partial charge >= 0.3 is 5.97 Å². The van der Waals surface area contributed by atoms with Gasteiger partial charge in [-0.15, -0.1) is 0 Å². The summed E-state index contributed by atoms with van der Waals surface area (Å²) < 4.78 is 12.8. The SMILES string of the molecule is O=C(O)[C@H]1CCC[C@H]1C(=O)Nc1cccc(F)n1. The fourth-order valence-electron chi connectivity index (χ4n) is 2.27. The minimum Gasteiger partial charge on any atom is -0.481 e. The highest BCUT2D eigenvalue weighted by Gasteiger charge is 2.37. The van der Waals surface area contributed by atoms with Gasteiger partial charge in [-0.3, -0.25) is 9.59 Å². The highest BCUT2D eigenvalue weighted by atomic mass is 19.1. The van der Waals surface area contributed by atoms with E-state index >= 15 is 0 Å². The molecule has 2 N–H and O–H groups in total. The first kappa shape index (κ1) is 12.5. The summed E-state index contributed by atoms with van der Waals surface area (Å²) in [5.74, 6) is -3.16. The van der Waals surface area contributed by atoms with Crippen LogP contribution in [0.3, 0.4) is 0 Å². The predicted molar refractivity (Wildman–Crippen MR) is 61.3 cm³/mol. The van der Waals surface area contributed by atoms with Crippen LogP contribution in [0.4, 0.5) is 10.2 Å². The Hall–Kier alpha value is -1.98. The van der Waals surface area contributed by atoms with Crippen molar-refractivity contribution in [3.63, 3.8) is 0 Å². The number of rotatable bonds is 3. The Morgan fingerprint density at radius 3 is 2.72 bits per heavy atom. The van der Waals surface area contributed by atoms with Gasteiger partial charge < -0.3 is 10.4 Å². The van der Waals surface area contributed by atoms with Crippen LogP contribution in [0.15, 0.2) is 18.2 Å². The largest absolute Gasteiger partial charge is 0.481 e. The van der Waals surface area contributed by atoms with E-state index in [0.717, 1.165) is 0 Å². The smallest absolute Gasteiger partial charge is 0.307 e. The number of amides is 1. The van der Waals surface area contributed by atoms with Crippen LogP contribution >= 0.6 is 0 Å². The summed E-state index contributed by atoms with van der Waals surface area (Å²) >= 11 is 0. The van der Waals surface area contributed by atoms with E-state index < -0.39 is 29.7 Å². The zero-order chi connectivity index (χ0) is 13.1. The maximum absolute atomic E-state index is 12.8. The maximum atomic E-state index is 12.8. The molecule has 0 bridgehead atoms. The first-order valence-corrected chi connectivity index (χ1v) is 5.74. The summed E-state index contributed by atoms with van der Waals surface area (Å²) in [5, 5.41) is 11.4. The van der Waals surface area contributed by atoms with Crippen molar-refractivity contribution in [1.29, 1.82) is 0 Å². The van der Waals surface area contributed by atoms with Crippen molar-refractivity contribution in [3.8, 4) is 0 Å². The number of carbonyl (C=O) groups excluding carboxylic acids is 1. The van der Waals surface area contributed by atoms with Crippen LogP contribution in [0.25, 0.3) is 0 Å². The molecule has 2 atom stereocenters. The number of aliphatic carboxylic acids is 1. The fourth-order valence-corrected chi connectivity index (χ4v) is 2.27. The van der Waals surface area contributed by atoms with E-state index in [1.165, 1.54) is 18.2 Å². The monoisotopic (exact) mass is 252 g/mol. The van der Waals surface area contributed by atoms with Crippen LogP contribution in [-0.2, 0) is 9.59 Å². The number of nitrogens with one attached hydrogen (secondary N) is 1. The molecule has 0 spiro atoms. The first-order chi connectivity index (χ1) is 8.58. The summed E-state index contributed by atoms with van der Waals surface area (Å²) in [7, 11) is 0. The Balaban J connectivity index is 2.06. The van der Waals surface area contributed by atoms with Gasteiger partial charge in [-0.05, 0) is 25.0 Å². The van der Waals surface area contributed by atoms with Gasteiger partial charge in [0.05, 0.1) is 11.8 Å². The van der Waals surface area contributed by atoms with E-state index in [1.54, 1.807) is 0 Å². The molecule has 96 valence electrons. The minimum absolute atomic E-state index is 0.107. The van der Waals surface area contributed by atoms with Gasteiger partial charge in [-0.25, -0.2) is 4.98 Å². The second kappa shape index (κ2) is 5.12. The molecule has 0 aromatic carbocycles. The Kier molecular flexibility index (Phi) is 3.55. The van der Waals surface area contributed by atoms with Crippen LogP contribution in [-0.4, -0.2) is 22.0 Å². The number of nitrogens with zero attached hydrogens (tertiary/aromatic N) is 1. The van der Waals surface area contributed by atoms with Crippen molar-refractivity contribution in [2.75, 3.05) is 5.32 Å². The second-order valence-electron chi connectivity index (χ2n) is 4.32. The van der Waals surface area contributed by atoms with Gasteiger partial charge in [-0.2, -0.15) is 4.39 Å². The number of pyridine rings is 1. The molecule has 1 heterocycles. The molecule has 0 saturated heterocycles. The Bertz CT molecular complexity index is 478. The third kappa shape index (κ3) is 2.64. The molecule has 6 heteroatoms. The number of aromatic nitrogens is 1. The van der Waals surface area contributed by atoms with Gasteiger partial charge in [0.15, 0.2) is 0 Å². The van der Waals surface area contributed by atoms with Crippen molar-refractivity contribution in [2.24, 2.45) is 11.8 Å². The molecule has 5 nitrogen and oxygen atoms in total. The summed E-state index contributed by atoms with van der Waals surface area (Å²) in [5.41, 5.74) is 0. The van der Waals surface area contributed by atoms with Crippen LogP contribution in [0.5, 0.6) is 0 Å². The number of carboxylic acid groups (broad SMARTS) is 1. The molecule has 1 aromatic rings. The number of carboxylic acids is 1. The van der Waals surface area contributed by atoms with Crippen LogP contribution in [0.1, 0.15) is 19.3 Å². The number of hydrogen-bond donors (Lipinski definition) is 2.